The Hall–Kier alpha value is -1.49. The molecule has 3 nitrogen and oxygen atoms in total. The lowest BCUT2D eigenvalue weighted by atomic mass is 10.1. The Kier molecular flexibility index (Phi) is 5.71. The third-order valence-electron chi connectivity index (χ3n) is 2.65. The van der Waals surface area contributed by atoms with Crippen molar-refractivity contribution >= 4 is 12.0 Å². The lowest BCUT2D eigenvalue weighted by Gasteiger charge is -2.29. The van der Waals surface area contributed by atoms with Gasteiger partial charge in [0.25, 0.3) is 0 Å². The third-order valence-corrected chi connectivity index (χ3v) is 2.65. The second kappa shape index (κ2) is 7.06. The standard InChI is InChI=1S/C11H12F2N2O.C2H6/c12-9-6-11(10(13)5-8(9)7-16)15-3-1-14-2-4-15;1-2/h5-7,14H,1-4H2;1-2H3. The van der Waals surface area contributed by atoms with Gasteiger partial charge in [0, 0.05) is 32.2 Å². The molecule has 1 fully saturated rings. The molecule has 1 aromatic carbocycles. The zero-order valence-corrected chi connectivity index (χ0v) is 10.7. The van der Waals surface area contributed by atoms with Gasteiger partial charge in [-0.1, -0.05) is 13.8 Å². The van der Waals surface area contributed by atoms with Crippen molar-refractivity contribution in [2.24, 2.45) is 0 Å². The Morgan fingerprint density at radius 2 is 1.78 bits per heavy atom. The summed E-state index contributed by atoms with van der Waals surface area (Å²) in [6.45, 7) is 6.76. The van der Waals surface area contributed by atoms with E-state index in [0.29, 0.717) is 19.4 Å². The minimum atomic E-state index is -0.676. The molecule has 1 aromatic rings. The first-order valence-electron chi connectivity index (χ1n) is 6.12. The largest absolute Gasteiger partial charge is 0.367 e. The molecule has 0 spiro atoms. The zero-order chi connectivity index (χ0) is 13.5. The Morgan fingerprint density at radius 3 is 2.33 bits per heavy atom. The zero-order valence-electron chi connectivity index (χ0n) is 10.7. The van der Waals surface area contributed by atoms with E-state index in [0.717, 1.165) is 25.2 Å². The van der Waals surface area contributed by atoms with E-state index in [4.69, 9.17) is 0 Å². The highest BCUT2D eigenvalue weighted by Gasteiger charge is 2.17. The molecule has 18 heavy (non-hydrogen) atoms. The van der Waals surface area contributed by atoms with Crippen LogP contribution in [0.4, 0.5) is 14.5 Å². The van der Waals surface area contributed by atoms with Crippen molar-refractivity contribution in [3.05, 3.63) is 29.3 Å². The quantitative estimate of drug-likeness (QED) is 0.823. The van der Waals surface area contributed by atoms with Gasteiger partial charge in [-0.05, 0) is 6.07 Å². The summed E-state index contributed by atoms with van der Waals surface area (Å²) in [5.41, 5.74) is -0.0130. The molecule has 5 heteroatoms. The lowest BCUT2D eigenvalue weighted by molar-refractivity contribution is 0.111. The number of hydrogen-bond donors (Lipinski definition) is 1. The molecule has 1 aliphatic heterocycles. The van der Waals surface area contributed by atoms with E-state index in [1.165, 1.54) is 0 Å². The summed E-state index contributed by atoms with van der Waals surface area (Å²) >= 11 is 0. The SMILES string of the molecule is CC.O=Cc1cc(F)c(N2CCNCC2)cc1F. The van der Waals surface area contributed by atoms with E-state index in [2.05, 4.69) is 5.32 Å². The number of carbonyl (C=O) groups excluding carboxylic acids is 1. The molecule has 1 N–H and O–H groups in total. The van der Waals surface area contributed by atoms with Crippen molar-refractivity contribution in [1.29, 1.82) is 0 Å². The minimum absolute atomic E-state index is 0.226. The topological polar surface area (TPSA) is 32.3 Å². The molecule has 0 saturated carbocycles. The van der Waals surface area contributed by atoms with Gasteiger partial charge in [0.05, 0.1) is 11.3 Å². The Morgan fingerprint density at radius 1 is 1.17 bits per heavy atom. The van der Waals surface area contributed by atoms with Gasteiger partial charge < -0.3 is 10.2 Å². The highest BCUT2D eigenvalue weighted by molar-refractivity contribution is 5.76. The predicted molar refractivity (Wildman–Crippen MR) is 68.2 cm³/mol. The summed E-state index contributed by atoms with van der Waals surface area (Å²) < 4.78 is 27.0. The number of nitrogens with one attached hydrogen (secondary N) is 1. The van der Waals surface area contributed by atoms with E-state index < -0.39 is 11.6 Å². The van der Waals surface area contributed by atoms with Crippen LogP contribution in [0.25, 0.3) is 0 Å². The number of anilines is 1. The summed E-state index contributed by atoms with van der Waals surface area (Å²) in [4.78, 5) is 12.2. The molecule has 0 atom stereocenters. The van der Waals surface area contributed by atoms with Crippen LogP contribution >= 0.6 is 0 Å². The van der Waals surface area contributed by atoms with Gasteiger partial charge in [0.1, 0.15) is 11.6 Å². The average Bonchev–Trinajstić information content (AvgIpc) is 2.44. The first-order valence-corrected chi connectivity index (χ1v) is 6.12. The van der Waals surface area contributed by atoms with Crippen LogP contribution in [0.1, 0.15) is 24.2 Å². The maximum atomic E-state index is 13.6. The number of carbonyl (C=O) groups is 1. The Bertz CT molecular complexity index is 404. The highest BCUT2D eigenvalue weighted by atomic mass is 19.1. The van der Waals surface area contributed by atoms with Crippen molar-refractivity contribution in [2.45, 2.75) is 13.8 Å². The molecule has 1 aliphatic rings. The second-order valence-corrected chi connectivity index (χ2v) is 3.68. The molecule has 100 valence electrons. The van der Waals surface area contributed by atoms with Crippen LogP contribution in [0, 0.1) is 11.6 Å². The van der Waals surface area contributed by atoms with E-state index >= 15 is 0 Å². The molecule has 0 radical (unpaired) electrons. The van der Waals surface area contributed by atoms with Gasteiger partial charge in [-0.25, -0.2) is 8.78 Å². The monoisotopic (exact) mass is 256 g/mol. The molecule has 1 heterocycles. The lowest BCUT2D eigenvalue weighted by Crippen LogP contribution is -2.43. The van der Waals surface area contributed by atoms with Crippen LogP contribution in [0.15, 0.2) is 12.1 Å². The maximum Gasteiger partial charge on any atom is 0.153 e. The molecule has 0 aromatic heterocycles. The first kappa shape index (κ1) is 14.6. The number of benzene rings is 1. The number of hydrogen-bond acceptors (Lipinski definition) is 3. The number of piperazine rings is 1. The summed E-state index contributed by atoms with van der Waals surface area (Å²) in [6, 6.07) is 2.03. The van der Waals surface area contributed by atoms with Crippen LogP contribution in [-0.2, 0) is 0 Å². The number of aldehydes is 1. The fourth-order valence-electron chi connectivity index (χ4n) is 1.79. The molecular weight excluding hydrogens is 238 g/mol. The van der Waals surface area contributed by atoms with Gasteiger partial charge in [0.15, 0.2) is 6.29 Å². The normalized spacial score (nSPS) is 14.8. The summed E-state index contributed by atoms with van der Waals surface area (Å²) in [7, 11) is 0. The summed E-state index contributed by atoms with van der Waals surface area (Å²) in [6.07, 6.45) is 0.319. The van der Waals surface area contributed by atoms with Crippen LogP contribution in [0.3, 0.4) is 0 Å². The molecule has 0 unspecified atom stereocenters. The van der Waals surface area contributed by atoms with E-state index in [-0.39, 0.29) is 11.3 Å². The van der Waals surface area contributed by atoms with Crippen molar-refractivity contribution in [1.82, 2.24) is 5.32 Å². The van der Waals surface area contributed by atoms with Crippen molar-refractivity contribution in [3.8, 4) is 0 Å². The van der Waals surface area contributed by atoms with E-state index in [9.17, 15) is 13.6 Å². The molecular formula is C13H18F2N2O. The average molecular weight is 256 g/mol. The molecule has 2 rings (SSSR count). The number of rotatable bonds is 2. The van der Waals surface area contributed by atoms with Crippen LogP contribution in [0.2, 0.25) is 0 Å². The van der Waals surface area contributed by atoms with Crippen molar-refractivity contribution < 1.29 is 13.6 Å². The van der Waals surface area contributed by atoms with Crippen molar-refractivity contribution in [2.75, 3.05) is 31.1 Å². The maximum absolute atomic E-state index is 13.6. The van der Waals surface area contributed by atoms with E-state index in [1.807, 2.05) is 13.8 Å². The molecule has 0 bridgehead atoms. The summed E-state index contributed by atoms with van der Waals surface area (Å²) in [5.74, 6) is -1.23. The van der Waals surface area contributed by atoms with E-state index in [1.54, 1.807) is 4.90 Å². The van der Waals surface area contributed by atoms with Crippen LogP contribution < -0.4 is 10.2 Å². The van der Waals surface area contributed by atoms with Gasteiger partial charge in [-0.2, -0.15) is 0 Å². The third kappa shape index (κ3) is 3.26. The number of halogens is 2. The smallest absolute Gasteiger partial charge is 0.153 e. The highest BCUT2D eigenvalue weighted by Crippen LogP contribution is 2.22. The molecule has 0 amide bonds. The summed E-state index contributed by atoms with van der Waals surface area (Å²) in [5, 5.41) is 3.13. The van der Waals surface area contributed by atoms with Crippen LogP contribution in [-0.4, -0.2) is 32.5 Å². The Labute approximate surface area is 106 Å². The van der Waals surface area contributed by atoms with Gasteiger partial charge >= 0.3 is 0 Å². The number of nitrogens with zero attached hydrogens (tertiary/aromatic N) is 1. The fourth-order valence-corrected chi connectivity index (χ4v) is 1.79. The van der Waals surface area contributed by atoms with Crippen LogP contribution in [0.5, 0.6) is 0 Å². The first-order chi connectivity index (χ1) is 8.72. The van der Waals surface area contributed by atoms with Gasteiger partial charge in [-0.3, -0.25) is 4.79 Å². The minimum Gasteiger partial charge on any atom is -0.367 e. The predicted octanol–water partition coefficient (Wildman–Crippen LogP) is 2.21. The molecule has 0 aliphatic carbocycles. The second-order valence-electron chi connectivity index (χ2n) is 3.68. The molecule has 1 saturated heterocycles. The van der Waals surface area contributed by atoms with Crippen molar-refractivity contribution in [3.63, 3.8) is 0 Å². The Balaban J connectivity index is 0.000000771. The van der Waals surface area contributed by atoms with Gasteiger partial charge in [-0.15, -0.1) is 0 Å². The fraction of sp³-hybridized carbons (Fsp3) is 0.462. The van der Waals surface area contributed by atoms with Gasteiger partial charge in [0.2, 0.25) is 0 Å².